The summed E-state index contributed by atoms with van der Waals surface area (Å²) < 4.78 is 0. The second-order valence-electron chi connectivity index (χ2n) is 3.98. The number of nitrogens with one attached hydrogen (secondary N) is 1. The van der Waals surface area contributed by atoms with Crippen LogP contribution in [-0.4, -0.2) is 30.5 Å². The van der Waals surface area contributed by atoms with Gasteiger partial charge in [-0.2, -0.15) is 11.8 Å². The Balaban J connectivity index is 3.40. The summed E-state index contributed by atoms with van der Waals surface area (Å²) in [4.78, 5) is 11.0. The lowest BCUT2D eigenvalue weighted by Gasteiger charge is -2.20. The van der Waals surface area contributed by atoms with E-state index in [1.807, 2.05) is 25.6 Å². The molecule has 14 heavy (non-hydrogen) atoms. The third-order valence-electron chi connectivity index (χ3n) is 2.08. The van der Waals surface area contributed by atoms with E-state index in [9.17, 15) is 4.79 Å². The van der Waals surface area contributed by atoms with Gasteiger partial charge < -0.3 is 11.1 Å². The van der Waals surface area contributed by atoms with Gasteiger partial charge in [-0.05, 0) is 38.3 Å². The van der Waals surface area contributed by atoms with Crippen LogP contribution in [0.2, 0.25) is 0 Å². The van der Waals surface area contributed by atoms with Gasteiger partial charge in [0.25, 0.3) is 0 Å². The van der Waals surface area contributed by atoms with Gasteiger partial charge in [0.1, 0.15) is 0 Å². The van der Waals surface area contributed by atoms with Crippen molar-refractivity contribution >= 4 is 17.7 Å². The minimum absolute atomic E-state index is 0.243. The molecule has 0 aliphatic carbocycles. The zero-order valence-electron chi connectivity index (χ0n) is 9.43. The Morgan fingerprint density at radius 1 is 1.50 bits per heavy atom. The average Bonchev–Trinajstić information content (AvgIpc) is 2.10. The quantitative estimate of drug-likeness (QED) is 0.603. The SMILES string of the molecule is CCSCCCNCC(C)(C)C(N)=O. The maximum Gasteiger partial charge on any atom is 0.224 e. The lowest BCUT2D eigenvalue weighted by molar-refractivity contribution is -0.125. The van der Waals surface area contributed by atoms with Crippen LogP contribution < -0.4 is 11.1 Å². The normalized spacial score (nSPS) is 11.6. The van der Waals surface area contributed by atoms with Crippen molar-refractivity contribution in [1.82, 2.24) is 5.32 Å². The molecule has 3 N–H and O–H groups in total. The van der Waals surface area contributed by atoms with Gasteiger partial charge in [-0.3, -0.25) is 4.79 Å². The molecule has 0 bridgehead atoms. The lowest BCUT2D eigenvalue weighted by Crippen LogP contribution is -2.40. The van der Waals surface area contributed by atoms with Crippen LogP contribution in [0.4, 0.5) is 0 Å². The lowest BCUT2D eigenvalue weighted by atomic mass is 9.93. The van der Waals surface area contributed by atoms with Gasteiger partial charge in [0.05, 0.1) is 5.41 Å². The first-order valence-electron chi connectivity index (χ1n) is 5.09. The first kappa shape index (κ1) is 13.8. The number of hydrogen-bond acceptors (Lipinski definition) is 3. The molecule has 0 rings (SSSR count). The Morgan fingerprint density at radius 3 is 2.64 bits per heavy atom. The first-order chi connectivity index (χ1) is 6.50. The Bertz CT molecular complexity index is 172. The molecule has 84 valence electrons. The molecule has 0 unspecified atom stereocenters. The van der Waals surface area contributed by atoms with Gasteiger partial charge in [-0.15, -0.1) is 0 Å². The van der Waals surface area contributed by atoms with Crippen molar-refractivity contribution in [3.8, 4) is 0 Å². The maximum absolute atomic E-state index is 11.0. The molecule has 0 aliphatic heterocycles. The van der Waals surface area contributed by atoms with Gasteiger partial charge in [-0.25, -0.2) is 0 Å². The number of rotatable bonds is 8. The third-order valence-corrected chi connectivity index (χ3v) is 3.07. The van der Waals surface area contributed by atoms with Crippen molar-refractivity contribution in [1.29, 1.82) is 0 Å². The second kappa shape index (κ2) is 7.12. The number of thioether (sulfide) groups is 1. The molecular weight excluding hydrogens is 196 g/mol. The van der Waals surface area contributed by atoms with Crippen LogP contribution in [0.15, 0.2) is 0 Å². The highest BCUT2D eigenvalue weighted by atomic mass is 32.2. The molecule has 0 aliphatic rings. The molecule has 1 amide bonds. The van der Waals surface area contributed by atoms with Crippen molar-refractivity contribution in [2.24, 2.45) is 11.1 Å². The van der Waals surface area contributed by atoms with Gasteiger partial charge in [-0.1, -0.05) is 6.92 Å². The Kier molecular flexibility index (Phi) is 7.01. The Morgan fingerprint density at radius 2 is 2.14 bits per heavy atom. The number of carbonyl (C=O) groups is 1. The van der Waals surface area contributed by atoms with Gasteiger partial charge in [0, 0.05) is 6.54 Å². The highest BCUT2D eigenvalue weighted by Gasteiger charge is 2.23. The molecule has 0 aromatic rings. The van der Waals surface area contributed by atoms with Crippen molar-refractivity contribution in [3.63, 3.8) is 0 Å². The fourth-order valence-electron chi connectivity index (χ4n) is 0.932. The Hall–Kier alpha value is -0.220. The molecule has 0 saturated heterocycles. The minimum Gasteiger partial charge on any atom is -0.369 e. The number of hydrogen-bond donors (Lipinski definition) is 2. The summed E-state index contributed by atoms with van der Waals surface area (Å²) in [6.45, 7) is 7.52. The smallest absolute Gasteiger partial charge is 0.224 e. The zero-order valence-corrected chi connectivity index (χ0v) is 10.2. The van der Waals surface area contributed by atoms with Crippen LogP contribution in [0.1, 0.15) is 27.2 Å². The average molecular weight is 218 g/mol. The molecule has 3 nitrogen and oxygen atoms in total. The van der Waals surface area contributed by atoms with Crippen molar-refractivity contribution in [2.75, 3.05) is 24.6 Å². The van der Waals surface area contributed by atoms with E-state index in [2.05, 4.69) is 12.2 Å². The first-order valence-corrected chi connectivity index (χ1v) is 6.24. The monoisotopic (exact) mass is 218 g/mol. The van der Waals surface area contributed by atoms with E-state index in [0.717, 1.165) is 13.0 Å². The number of amides is 1. The highest BCUT2D eigenvalue weighted by Crippen LogP contribution is 2.11. The molecule has 0 fully saturated rings. The second-order valence-corrected chi connectivity index (χ2v) is 5.37. The molecule has 4 heteroatoms. The van der Waals surface area contributed by atoms with E-state index in [-0.39, 0.29) is 5.91 Å². The molecule has 0 aromatic carbocycles. The zero-order chi connectivity index (χ0) is 11.0. The van der Waals surface area contributed by atoms with Gasteiger partial charge in [0.2, 0.25) is 5.91 Å². The summed E-state index contributed by atoms with van der Waals surface area (Å²) in [5.74, 6) is 2.11. The number of carbonyl (C=O) groups excluding carboxylic acids is 1. The molecule has 0 saturated carbocycles. The van der Waals surface area contributed by atoms with Crippen LogP contribution in [0.3, 0.4) is 0 Å². The van der Waals surface area contributed by atoms with Crippen molar-refractivity contribution < 1.29 is 4.79 Å². The van der Waals surface area contributed by atoms with E-state index in [1.54, 1.807) is 0 Å². The highest BCUT2D eigenvalue weighted by molar-refractivity contribution is 7.99. The summed E-state index contributed by atoms with van der Waals surface area (Å²) in [5.41, 5.74) is 4.82. The van der Waals surface area contributed by atoms with E-state index in [1.165, 1.54) is 11.5 Å². The van der Waals surface area contributed by atoms with E-state index in [4.69, 9.17) is 5.73 Å². The summed E-state index contributed by atoms with van der Waals surface area (Å²) in [6, 6.07) is 0. The van der Waals surface area contributed by atoms with Crippen LogP contribution in [0, 0.1) is 5.41 Å². The van der Waals surface area contributed by atoms with Gasteiger partial charge in [0.15, 0.2) is 0 Å². The van der Waals surface area contributed by atoms with Gasteiger partial charge >= 0.3 is 0 Å². The summed E-state index contributed by atoms with van der Waals surface area (Å²) in [6.07, 6.45) is 1.15. The Labute approximate surface area is 91.2 Å². The van der Waals surface area contributed by atoms with Crippen LogP contribution in [-0.2, 0) is 4.79 Å². The molecule has 0 spiro atoms. The molecule has 0 radical (unpaired) electrons. The van der Waals surface area contributed by atoms with Crippen LogP contribution >= 0.6 is 11.8 Å². The fraction of sp³-hybridized carbons (Fsp3) is 0.900. The maximum atomic E-state index is 11.0. The number of primary amides is 1. The van der Waals surface area contributed by atoms with E-state index >= 15 is 0 Å². The largest absolute Gasteiger partial charge is 0.369 e. The standard InChI is InChI=1S/C10H22N2OS/c1-4-14-7-5-6-12-8-10(2,3)9(11)13/h12H,4-8H2,1-3H3,(H2,11,13). The third kappa shape index (κ3) is 6.27. The molecule has 0 aromatic heterocycles. The van der Waals surface area contributed by atoms with E-state index < -0.39 is 5.41 Å². The van der Waals surface area contributed by atoms with Crippen LogP contribution in [0.5, 0.6) is 0 Å². The summed E-state index contributed by atoms with van der Waals surface area (Å²) in [7, 11) is 0. The topological polar surface area (TPSA) is 55.1 Å². The summed E-state index contributed by atoms with van der Waals surface area (Å²) >= 11 is 1.94. The fourth-order valence-corrected chi connectivity index (χ4v) is 1.57. The predicted octanol–water partition coefficient (Wildman–Crippen LogP) is 1.23. The predicted molar refractivity (Wildman–Crippen MR) is 63.5 cm³/mol. The van der Waals surface area contributed by atoms with Crippen molar-refractivity contribution in [3.05, 3.63) is 0 Å². The number of nitrogens with two attached hydrogens (primary N) is 1. The van der Waals surface area contributed by atoms with Crippen molar-refractivity contribution in [2.45, 2.75) is 27.2 Å². The summed E-state index contributed by atoms with van der Waals surface area (Å²) in [5, 5.41) is 3.25. The van der Waals surface area contributed by atoms with E-state index in [0.29, 0.717) is 6.54 Å². The molecule has 0 heterocycles. The molecule has 0 atom stereocenters. The minimum atomic E-state index is -0.433. The van der Waals surface area contributed by atoms with Crippen LogP contribution in [0.25, 0.3) is 0 Å². The molecular formula is C10H22N2OS.